The molecule has 16 heavy (non-hydrogen) atoms. The van der Waals surface area contributed by atoms with Gasteiger partial charge in [0.05, 0.1) is 0 Å². The second-order valence-corrected chi connectivity index (χ2v) is 4.83. The Labute approximate surface area is 96.7 Å². The summed E-state index contributed by atoms with van der Waals surface area (Å²) in [7, 11) is 0. The molecule has 4 heteroatoms. The quantitative estimate of drug-likeness (QED) is 0.799. The van der Waals surface area contributed by atoms with Gasteiger partial charge in [0.15, 0.2) is 0 Å². The minimum absolute atomic E-state index is 0.530. The van der Waals surface area contributed by atoms with E-state index in [2.05, 4.69) is 22.2 Å². The first-order valence-electron chi connectivity index (χ1n) is 5.99. The SMILES string of the molecule is CCCC1(CNc2cc(N)nc(C)n2)CC1. The molecule has 0 atom stereocenters. The van der Waals surface area contributed by atoms with E-state index in [-0.39, 0.29) is 0 Å². The van der Waals surface area contributed by atoms with E-state index < -0.39 is 0 Å². The van der Waals surface area contributed by atoms with Crippen LogP contribution >= 0.6 is 0 Å². The van der Waals surface area contributed by atoms with E-state index in [0.29, 0.717) is 11.2 Å². The normalized spacial score (nSPS) is 17.1. The molecule has 1 aliphatic rings. The number of nitrogen functional groups attached to an aromatic ring is 1. The van der Waals surface area contributed by atoms with Crippen molar-refractivity contribution in [1.29, 1.82) is 0 Å². The van der Waals surface area contributed by atoms with Gasteiger partial charge in [-0.25, -0.2) is 9.97 Å². The third kappa shape index (κ3) is 2.62. The molecule has 1 fully saturated rings. The molecule has 4 nitrogen and oxygen atoms in total. The van der Waals surface area contributed by atoms with Gasteiger partial charge in [-0.3, -0.25) is 0 Å². The second-order valence-electron chi connectivity index (χ2n) is 4.83. The van der Waals surface area contributed by atoms with Crippen molar-refractivity contribution in [1.82, 2.24) is 9.97 Å². The van der Waals surface area contributed by atoms with Gasteiger partial charge in [0.2, 0.25) is 0 Å². The molecule has 1 heterocycles. The summed E-state index contributed by atoms with van der Waals surface area (Å²) in [6.07, 6.45) is 5.24. The van der Waals surface area contributed by atoms with Crippen molar-refractivity contribution in [2.24, 2.45) is 5.41 Å². The first-order chi connectivity index (χ1) is 7.63. The predicted octanol–water partition coefficient (Wildman–Crippen LogP) is 2.36. The highest BCUT2D eigenvalue weighted by Crippen LogP contribution is 2.49. The van der Waals surface area contributed by atoms with Crippen LogP contribution in [0.4, 0.5) is 11.6 Å². The fourth-order valence-corrected chi connectivity index (χ4v) is 2.18. The fourth-order valence-electron chi connectivity index (χ4n) is 2.18. The largest absolute Gasteiger partial charge is 0.384 e. The molecule has 1 saturated carbocycles. The third-order valence-electron chi connectivity index (χ3n) is 3.24. The lowest BCUT2D eigenvalue weighted by Gasteiger charge is -2.15. The molecule has 2 rings (SSSR count). The summed E-state index contributed by atoms with van der Waals surface area (Å²) in [5.41, 5.74) is 6.21. The highest BCUT2D eigenvalue weighted by atomic mass is 15.1. The van der Waals surface area contributed by atoms with Crippen molar-refractivity contribution >= 4 is 11.6 Å². The lowest BCUT2D eigenvalue weighted by atomic mass is 10.0. The molecule has 1 aliphatic carbocycles. The summed E-state index contributed by atoms with van der Waals surface area (Å²) < 4.78 is 0. The van der Waals surface area contributed by atoms with Gasteiger partial charge in [-0.15, -0.1) is 0 Å². The molecule has 0 unspecified atom stereocenters. The Bertz CT molecular complexity index is 351. The number of rotatable bonds is 5. The maximum absolute atomic E-state index is 5.68. The maximum Gasteiger partial charge on any atom is 0.131 e. The number of hydrogen-bond acceptors (Lipinski definition) is 4. The number of nitrogens with two attached hydrogens (primary N) is 1. The number of nitrogens with one attached hydrogen (secondary N) is 1. The van der Waals surface area contributed by atoms with Crippen LogP contribution in [-0.2, 0) is 0 Å². The molecule has 0 spiro atoms. The van der Waals surface area contributed by atoms with Gasteiger partial charge >= 0.3 is 0 Å². The summed E-state index contributed by atoms with van der Waals surface area (Å²) in [6.45, 7) is 5.12. The molecule has 0 aliphatic heterocycles. The van der Waals surface area contributed by atoms with Crippen molar-refractivity contribution < 1.29 is 0 Å². The molecule has 1 aromatic heterocycles. The van der Waals surface area contributed by atoms with E-state index in [1.165, 1.54) is 25.7 Å². The van der Waals surface area contributed by atoms with Gasteiger partial charge in [0.1, 0.15) is 17.5 Å². The van der Waals surface area contributed by atoms with Crippen LogP contribution in [0.3, 0.4) is 0 Å². The lowest BCUT2D eigenvalue weighted by Crippen LogP contribution is -2.16. The molecular weight excluding hydrogens is 200 g/mol. The van der Waals surface area contributed by atoms with Crippen LogP contribution in [0.1, 0.15) is 38.4 Å². The monoisotopic (exact) mass is 220 g/mol. The zero-order valence-electron chi connectivity index (χ0n) is 10.1. The molecular formula is C12H20N4. The third-order valence-corrected chi connectivity index (χ3v) is 3.24. The molecule has 88 valence electrons. The summed E-state index contributed by atoms with van der Waals surface area (Å²) in [4.78, 5) is 8.38. The molecule has 1 aromatic rings. The summed E-state index contributed by atoms with van der Waals surface area (Å²) in [6, 6.07) is 1.80. The molecule has 0 amide bonds. The highest BCUT2D eigenvalue weighted by Gasteiger charge is 2.41. The van der Waals surface area contributed by atoms with Crippen LogP contribution in [0, 0.1) is 12.3 Å². The highest BCUT2D eigenvalue weighted by molar-refractivity contribution is 5.44. The molecule has 3 N–H and O–H groups in total. The molecule has 0 radical (unpaired) electrons. The van der Waals surface area contributed by atoms with Gasteiger partial charge < -0.3 is 11.1 Å². The zero-order chi connectivity index (χ0) is 11.6. The smallest absolute Gasteiger partial charge is 0.131 e. The van der Waals surface area contributed by atoms with Gasteiger partial charge in [-0.2, -0.15) is 0 Å². The Kier molecular flexibility index (Phi) is 2.99. The van der Waals surface area contributed by atoms with E-state index >= 15 is 0 Å². The van der Waals surface area contributed by atoms with Crippen molar-refractivity contribution in [3.05, 3.63) is 11.9 Å². The number of aryl methyl sites for hydroxylation is 1. The molecule has 0 saturated heterocycles. The van der Waals surface area contributed by atoms with Crippen LogP contribution in [0.25, 0.3) is 0 Å². The first kappa shape index (κ1) is 11.2. The minimum Gasteiger partial charge on any atom is -0.384 e. The van der Waals surface area contributed by atoms with Gasteiger partial charge in [-0.1, -0.05) is 13.3 Å². The Morgan fingerprint density at radius 1 is 1.44 bits per heavy atom. The number of anilines is 2. The summed E-state index contributed by atoms with van der Waals surface area (Å²) in [5, 5.41) is 3.38. The van der Waals surface area contributed by atoms with Crippen molar-refractivity contribution in [3.8, 4) is 0 Å². The van der Waals surface area contributed by atoms with E-state index in [1.807, 2.05) is 6.92 Å². The number of nitrogens with zero attached hydrogens (tertiary/aromatic N) is 2. The Morgan fingerprint density at radius 2 is 2.19 bits per heavy atom. The van der Waals surface area contributed by atoms with E-state index in [9.17, 15) is 0 Å². The molecule has 0 aromatic carbocycles. The topological polar surface area (TPSA) is 63.8 Å². The number of aromatic nitrogens is 2. The predicted molar refractivity (Wildman–Crippen MR) is 66.2 cm³/mol. The zero-order valence-corrected chi connectivity index (χ0v) is 10.1. The average Bonchev–Trinajstić information content (AvgIpc) is 2.95. The Hall–Kier alpha value is -1.32. The van der Waals surface area contributed by atoms with Gasteiger partial charge in [-0.05, 0) is 31.6 Å². The van der Waals surface area contributed by atoms with Crippen LogP contribution in [0.2, 0.25) is 0 Å². The van der Waals surface area contributed by atoms with Crippen LogP contribution in [0.15, 0.2) is 6.07 Å². The van der Waals surface area contributed by atoms with E-state index in [0.717, 1.165) is 18.2 Å². The van der Waals surface area contributed by atoms with E-state index in [4.69, 9.17) is 5.73 Å². The Morgan fingerprint density at radius 3 is 2.75 bits per heavy atom. The van der Waals surface area contributed by atoms with Gasteiger partial charge in [0, 0.05) is 12.6 Å². The minimum atomic E-state index is 0.530. The first-order valence-corrected chi connectivity index (χ1v) is 5.99. The molecule has 0 bridgehead atoms. The summed E-state index contributed by atoms with van der Waals surface area (Å²) in [5.74, 6) is 2.12. The Balaban J connectivity index is 1.94. The van der Waals surface area contributed by atoms with Crippen molar-refractivity contribution in [2.75, 3.05) is 17.6 Å². The van der Waals surface area contributed by atoms with Crippen molar-refractivity contribution in [3.63, 3.8) is 0 Å². The van der Waals surface area contributed by atoms with E-state index in [1.54, 1.807) is 6.07 Å². The second kappa shape index (κ2) is 4.28. The standard InChI is InChI=1S/C12H20N4/c1-3-4-12(5-6-12)8-14-11-7-10(13)15-9(2)16-11/h7H,3-6,8H2,1-2H3,(H3,13,14,15,16). The maximum atomic E-state index is 5.68. The van der Waals surface area contributed by atoms with Crippen LogP contribution in [0.5, 0.6) is 0 Å². The fraction of sp³-hybridized carbons (Fsp3) is 0.667. The van der Waals surface area contributed by atoms with Crippen LogP contribution < -0.4 is 11.1 Å². The summed E-state index contributed by atoms with van der Waals surface area (Å²) >= 11 is 0. The van der Waals surface area contributed by atoms with Gasteiger partial charge in [0.25, 0.3) is 0 Å². The lowest BCUT2D eigenvalue weighted by molar-refractivity contribution is 0.485. The average molecular weight is 220 g/mol. The number of hydrogen-bond donors (Lipinski definition) is 2. The van der Waals surface area contributed by atoms with Crippen molar-refractivity contribution in [2.45, 2.75) is 39.5 Å². The van der Waals surface area contributed by atoms with Crippen LogP contribution in [-0.4, -0.2) is 16.5 Å².